The quantitative estimate of drug-likeness (QED) is 0.748. The van der Waals surface area contributed by atoms with Crippen LogP contribution in [0, 0.1) is 6.92 Å². The normalized spacial score (nSPS) is 11.0. The predicted molar refractivity (Wildman–Crippen MR) is 83.3 cm³/mol. The summed E-state index contributed by atoms with van der Waals surface area (Å²) >= 11 is 3.46. The molecule has 3 rings (SSSR count). The van der Waals surface area contributed by atoms with E-state index >= 15 is 0 Å². The molecule has 0 bridgehead atoms. The summed E-state index contributed by atoms with van der Waals surface area (Å²) in [7, 11) is 0. The molecule has 0 aliphatic carbocycles. The molecule has 0 saturated carbocycles. The molecule has 0 aliphatic rings. The average molecular weight is 347 g/mol. The van der Waals surface area contributed by atoms with Crippen LogP contribution in [0.1, 0.15) is 15.9 Å². The van der Waals surface area contributed by atoms with Gasteiger partial charge in [-0.2, -0.15) is 0 Å². The van der Waals surface area contributed by atoms with Crippen LogP contribution in [-0.4, -0.2) is 20.6 Å². The highest BCUT2D eigenvalue weighted by molar-refractivity contribution is 9.10. The van der Waals surface area contributed by atoms with Crippen LogP contribution in [0.3, 0.4) is 0 Å². The molecule has 21 heavy (non-hydrogen) atoms. The maximum Gasteiger partial charge on any atom is 0.335 e. The number of carboxylic acids is 1. The minimum absolute atomic E-state index is 0.138. The van der Waals surface area contributed by atoms with E-state index in [0.29, 0.717) is 16.7 Å². The van der Waals surface area contributed by atoms with Crippen molar-refractivity contribution < 1.29 is 9.90 Å². The first kappa shape index (κ1) is 13.6. The molecule has 0 atom stereocenters. The number of H-pyrrole nitrogens is 1. The number of carbonyl (C=O) groups is 1. The number of nitrogens with zero attached hydrogens (tertiary/aromatic N) is 1. The summed E-state index contributed by atoms with van der Waals surface area (Å²) in [6.45, 7) is 1.96. The molecule has 3 aromatic rings. The second kappa shape index (κ2) is 4.89. The Hall–Kier alpha value is -2.34. The van der Waals surface area contributed by atoms with Crippen molar-refractivity contribution in [3.8, 4) is 5.69 Å². The highest BCUT2D eigenvalue weighted by Gasteiger charge is 2.13. The van der Waals surface area contributed by atoms with E-state index in [2.05, 4.69) is 20.9 Å². The Kier molecular flexibility index (Phi) is 3.17. The fraction of sp³-hybridized carbons (Fsp3) is 0.0667. The lowest BCUT2D eigenvalue weighted by molar-refractivity contribution is 0.0697. The standard InChI is InChI=1S/C15H11BrN2O3/c1-8-2-4-12(10(16)6-8)18-13-5-3-9(14(19)20)7-11(13)17-15(18)21/h2-7H,1H3,(H,17,21)(H,19,20). The van der Waals surface area contributed by atoms with Crippen molar-refractivity contribution >= 4 is 32.9 Å². The van der Waals surface area contributed by atoms with Gasteiger partial charge in [-0.3, -0.25) is 4.57 Å². The van der Waals surface area contributed by atoms with Crippen molar-refractivity contribution in [3.63, 3.8) is 0 Å². The number of hydrogen-bond acceptors (Lipinski definition) is 2. The van der Waals surface area contributed by atoms with Gasteiger partial charge in [-0.05, 0) is 58.7 Å². The molecule has 0 unspecified atom stereocenters. The summed E-state index contributed by atoms with van der Waals surface area (Å²) in [6.07, 6.45) is 0. The lowest BCUT2D eigenvalue weighted by Gasteiger charge is -2.07. The van der Waals surface area contributed by atoms with E-state index in [-0.39, 0.29) is 11.3 Å². The molecule has 106 valence electrons. The molecule has 0 aliphatic heterocycles. The van der Waals surface area contributed by atoms with Gasteiger partial charge in [0.2, 0.25) is 0 Å². The lowest BCUT2D eigenvalue weighted by Crippen LogP contribution is -2.15. The van der Waals surface area contributed by atoms with Gasteiger partial charge in [0.25, 0.3) is 0 Å². The molecule has 0 amide bonds. The fourth-order valence-electron chi connectivity index (χ4n) is 2.28. The topological polar surface area (TPSA) is 75.1 Å². The number of benzene rings is 2. The Morgan fingerprint density at radius 1 is 1.24 bits per heavy atom. The van der Waals surface area contributed by atoms with E-state index < -0.39 is 5.97 Å². The van der Waals surface area contributed by atoms with Crippen LogP contribution in [0.2, 0.25) is 0 Å². The average Bonchev–Trinajstić information content (AvgIpc) is 2.74. The maximum absolute atomic E-state index is 12.2. The van der Waals surface area contributed by atoms with Crippen molar-refractivity contribution in [1.82, 2.24) is 9.55 Å². The molecule has 2 aromatic carbocycles. The van der Waals surface area contributed by atoms with Crippen molar-refractivity contribution in [2.45, 2.75) is 6.92 Å². The fourth-order valence-corrected chi connectivity index (χ4v) is 2.95. The minimum Gasteiger partial charge on any atom is -0.478 e. The number of aromatic carboxylic acids is 1. The molecule has 1 heterocycles. The molecule has 0 spiro atoms. The number of imidazole rings is 1. The largest absolute Gasteiger partial charge is 0.478 e. The summed E-state index contributed by atoms with van der Waals surface area (Å²) in [5, 5.41) is 9.01. The summed E-state index contributed by atoms with van der Waals surface area (Å²) in [5.41, 5.74) is 2.74. The molecular formula is C15H11BrN2O3. The van der Waals surface area contributed by atoms with Gasteiger partial charge in [-0.15, -0.1) is 0 Å². The predicted octanol–water partition coefficient (Wildman–Crippen LogP) is 3.09. The molecule has 0 fully saturated rings. The first-order chi connectivity index (χ1) is 9.97. The van der Waals surface area contributed by atoms with Crippen LogP contribution < -0.4 is 5.69 Å². The van der Waals surface area contributed by atoms with Gasteiger partial charge in [0, 0.05) is 4.47 Å². The third kappa shape index (κ3) is 2.27. The van der Waals surface area contributed by atoms with E-state index in [1.54, 1.807) is 6.07 Å². The van der Waals surface area contributed by atoms with E-state index in [9.17, 15) is 9.59 Å². The summed E-state index contributed by atoms with van der Waals surface area (Å²) in [6, 6.07) is 10.2. The Bertz CT molecular complexity index is 924. The Balaban J connectivity index is 2.30. The van der Waals surface area contributed by atoms with Gasteiger partial charge in [0.05, 0.1) is 22.3 Å². The number of carboxylic acid groups (broad SMARTS) is 1. The number of hydrogen-bond donors (Lipinski definition) is 2. The number of fused-ring (bicyclic) bond motifs is 1. The monoisotopic (exact) mass is 346 g/mol. The second-order valence-electron chi connectivity index (χ2n) is 4.76. The minimum atomic E-state index is -1.03. The molecule has 1 aromatic heterocycles. The molecule has 2 N–H and O–H groups in total. The van der Waals surface area contributed by atoms with Crippen LogP contribution >= 0.6 is 15.9 Å². The van der Waals surface area contributed by atoms with Gasteiger partial charge in [-0.1, -0.05) is 6.07 Å². The summed E-state index contributed by atoms with van der Waals surface area (Å²) in [5.74, 6) is -1.03. The van der Waals surface area contributed by atoms with Gasteiger partial charge in [0.1, 0.15) is 0 Å². The zero-order valence-corrected chi connectivity index (χ0v) is 12.6. The second-order valence-corrected chi connectivity index (χ2v) is 5.61. The zero-order valence-electron chi connectivity index (χ0n) is 11.1. The smallest absolute Gasteiger partial charge is 0.335 e. The van der Waals surface area contributed by atoms with Crippen LogP contribution in [0.4, 0.5) is 0 Å². The van der Waals surface area contributed by atoms with E-state index in [1.165, 1.54) is 16.7 Å². The van der Waals surface area contributed by atoms with E-state index in [0.717, 1.165) is 10.0 Å². The number of aromatic amines is 1. The maximum atomic E-state index is 12.2. The number of halogens is 1. The van der Waals surface area contributed by atoms with Crippen molar-refractivity contribution in [1.29, 1.82) is 0 Å². The summed E-state index contributed by atoms with van der Waals surface area (Å²) in [4.78, 5) is 25.9. The van der Waals surface area contributed by atoms with Crippen LogP contribution in [0.5, 0.6) is 0 Å². The first-order valence-electron chi connectivity index (χ1n) is 6.22. The third-order valence-corrected chi connectivity index (χ3v) is 3.91. The van der Waals surface area contributed by atoms with E-state index in [1.807, 2.05) is 25.1 Å². The number of aryl methyl sites for hydroxylation is 1. The van der Waals surface area contributed by atoms with Gasteiger partial charge >= 0.3 is 11.7 Å². The van der Waals surface area contributed by atoms with Crippen LogP contribution in [0.15, 0.2) is 45.7 Å². The highest BCUT2D eigenvalue weighted by atomic mass is 79.9. The van der Waals surface area contributed by atoms with Crippen molar-refractivity contribution in [3.05, 3.63) is 62.5 Å². The SMILES string of the molecule is Cc1ccc(-n2c(=O)[nH]c3cc(C(=O)O)ccc32)c(Br)c1. The zero-order chi connectivity index (χ0) is 15.1. The number of rotatable bonds is 2. The lowest BCUT2D eigenvalue weighted by atomic mass is 10.2. The Labute approximate surface area is 128 Å². The molecule has 0 radical (unpaired) electrons. The number of nitrogens with one attached hydrogen (secondary N) is 1. The molecule has 6 heteroatoms. The molecule has 5 nitrogen and oxygen atoms in total. The Morgan fingerprint density at radius 3 is 2.67 bits per heavy atom. The Morgan fingerprint density at radius 2 is 2.00 bits per heavy atom. The third-order valence-electron chi connectivity index (χ3n) is 3.27. The van der Waals surface area contributed by atoms with Crippen LogP contribution in [0.25, 0.3) is 16.7 Å². The van der Waals surface area contributed by atoms with Crippen molar-refractivity contribution in [2.24, 2.45) is 0 Å². The van der Waals surface area contributed by atoms with Crippen molar-refractivity contribution in [2.75, 3.05) is 0 Å². The summed E-state index contributed by atoms with van der Waals surface area (Å²) < 4.78 is 2.32. The molecule has 0 saturated heterocycles. The van der Waals surface area contributed by atoms with Gasteiger partial charge in [0.15, 0.2) is 0 Å². The number of aromatic nitrogens is 2. The van der Waals surface area contributed by atoms with Gasteiger partial charge in [-0.25, -0.2) is 9.59 Å². The van der Waals surface area contributed by atoms with Crippen LogP contribution in [-0.2, 0) is 0 Å². The first-order valence-corrected chi connectivity index (χ1v) is 7.01. The van der Waals surface area contributed by atoms with E-state index in [4.69, 9.17) is 5.11 Å². The highest BCUT2D eigenvalue weighted by Crippen LogP contribution is 2.24. The van der Waals surface area contributed by atoms with Gasteiger partial charge < -0.3 is 10.1 Å². The molecular weight excluding hydrogens is 336 g/mol.